The van der Waals surface area contributed by atoms with Gasteiger partial charge in [0, 0.05) is 31.4 Å². The van der Waals surface area contributed by atoms with E-state index in [-0.39, 0.29) is 5.91 Å². The minimum absolute atomic E-state index is 0.101. The van der Waals surface area contributed by atoms with Gasteiger partial charge in [0.2, 0.25) is 11.8 Å². The first-order valence-corrected chi connectivity index (χ1v) is 11.6. The van der Waals surface area contributed by atoms with Crippen LogP contribution in [0.1, 0.15) is 23.8 Å². The molecule has 5 rings (SSSR count). The summed E-state index contributed by atoms with van der Waals surface area (Å²) >= 11 is 3.05. The van der Waals surface area contributed by atoms with E-state index in [0.29, 0.717) is 22.8 Å². The maximum atomic E-state index is 12.6. The van der Waals surface area contributed by atoms with Crippen LogP contribution in [-0.4, -0.2) is 49.8 Å². The number of fused-ring (bicyclic) bond motifs is 1. The van der Waals surface area contributed by atoms with Crippen LogP contribution in [-0.2, 0) is 4.79 Å². The maximum Gasteiger partial charge on any atom is 0.277 e. The molecule has 0 saturated carbocycles. The first kappa shape index (κ1) is 19.2. The molecule has 7 nitrogen and oxygen atoms in total. The highest BCUT2D eigenvalue weighted by Crippen LogP contribution is 2.34. The lowest BCUT2D eigenvalue weighted by atomic mass is 9.97. The quantitative estimate of drug-likeness (QED) is 0.432. The van der Waals surface area contributed by atoms with Crippen LogP contribution in [0.3, 0.4) is 0 Å². The van der Waals surface area contributed by atoms with E-state index in [1.54, 1.807) is 23.7 Å². The molecule has 1 saturated heterocycles. The van der Waals surface area contributed by atoms with E-state index in [1.165, 1.54) is 21.5 Å². The molecule has 0 bridgehead atoms. The third-order valence-electron chi connectivity index (χ3n) is 5.14. The number of amides is 1. The van der Waals surface area contributed by atoms with Crippen LogP contribution >= 0.6 is 23.1 Å². The largest absolute Gasteiger partial charge is 0.411 e. The number of carbonyl (C=O) groups excluding carboxylic acids is 1. The summed E-state index contributed by atoms with van der Waals surface area (Å²) in [6.45, 7) is 1.51. The minimum atomic E-state index is 0.101. The van der Waals surface area contributed by atoms with Crippen molar-refractivity contribution >= 4 is 39.2 Å². The molecule has 30 heavy (non-hydrogen) atoms. The van der Waals surface area contributed by atoms with Gasteiger partial charge in [-0.15, -0.1) is 21.5 Å². The molecule has 0 atom stereocenters. The van der Waals surface area contributed by atoms with Crippen molar-refractivity contribution in [3.8, 4) is 11.5 Å². The Bertz CT molecular complexity index is 1120. The smallest absolute Gasteiger partial charge is 0.277 e. The Balaban J connectivity index is 1.14. The van der Waals surface area contributed by atoms with Crippen molar-refractivity contribution < 1.29 is 9.21 Å². The molecule has 1 aromatic carbocycles. The Labute approximate surface area is 181 Å². The van der Waals surface area contributed by atoms with Gasteiger partial charge in [-0.3, -0.25) is 9.78 Å². The predicted molar refractivity (Wildman–Crippen MR) is 116 cm³/mol. The Morgan fingerprint density at radius 2 is 2.03 bits per heavy atom. The van der Waals surface area contributed by atoms with Gasteiger partial charge in [-0.05, 0) is 37.1 Å². The van der Waals surface area contributed by atoms with Gasteiger partial charge in [0.05, 0.1) is 26.5 Å². The van der Waals surface area contributed by atoms with E-state index in [2.05, 4.69) is 27.3 Å². The van der Waals surface area contributed by atoms with E-state index in [1.807, 2.05) is 29.2 Å². The number of rotatable bonds is 5. The Morgan fingerprint density at radius 3 is 2.83 bits per heavy atom. The van der Waals surface area contributed by atoms with Crippen molar-refractivity contribution in [2.24, 2.45) is 0 Å². The summed E-state index contributed by atoms with van der Waals surface area (Å²) < 4.78 is 6.86. The normalized spacial score (nSPS) is 15.0. The maximum absolute atomic E-state index is 12.6. The van der Waals surface area contributed by atoms with Crippen LogP contribution in [0.2, 0.25) is 0 Å². The van der Waals surface area contributed by atoms with Gasteiger partial charge in [-0.1, -0.05) is 23.9 Å². The van der Waals surface area contributed by atoms with Crippen LogP contribution in [0, 0.1) is 0 Å². The Morgan fingerprint density at radius 1 is 1.17 bits per heavy atom. The third kappa shape index (κ3) is 4.08. The number of hydrogen-bond acceptors (Lipinski definition) is 8. The second-order valence-electron chi connectivity index (χ2n) is 7.08. The number of pyridine rings is 1. The summed E-state index contributed by atoms with van der Waals surface area (Å²) in [7, 11) is 0. The molecule has 3 aromatic heterocycles. The second kappa shape index (κ2) is 8.53. The van der Waals surface area contributed by atoms with Gasteiger partial charge < -0.3 is 9.32 Å². The number of hydrogen-bond donors (Lipinski definition) is 0. The van der Waals surface area contributed by atoms with Gasteiger partial charge in [0.1, 0.15) is 0 Å². The molecule has 9 heteroatoms. The third-order valence-corrected chi connectivity index (χ3v) is 7.14. The molecule has 0 N–H and O–H groups in total. The van der Waals surface area contributed by atoms with Crippen molar-refractivity contribution in [2.45, 2.75) is 24.0 Å². The van der Waals surface area contributed by atoms with Gasteiger partial charge in [-0.2, -0.15) is 0 Å². The molecule has 1 aliphatic heterocycles. The number of piperidine rings is 1. The average Bonchev–Trinajstić information content (AvgIpc) is 3.45. The summed E-state index contributed by atoms with van der Waals surface area (Å²) in [4.78, 5) is 23.4. The standard InChI is InChI=1S/C21H19N5O2S2/c27-18(13-29-21-25-24-19(28-21)15-4-3-9-22-12-15)26-10-7-14(8-11-26)20-23-16-5-1-2-6-17(16)30-20/h1-6,9,12,14H,7-8,10-11,13H2. The highest BCUT2D eigenvalue weighted by Gasteiger charge is 2.26. The highest BCUT2D eigenvalue weighted by molar-refractivity contribution is 7.99. The summed E-state index contributed by atoms with van der Waals surface area (Å²) in [6.07, 6.45) is 5.25. The molecule has 0 spiro atoms. The Hall–Kier alpha value is -2.78. The number of benzene rings is 1. The molecule has 4 heterocycles. The van der Waals surface area contributed by atoms with E-state index >= 15 is 0 Å². The lowest BCUT2D eigenvalue weighted by Crippen LogP contribution is -2.38. The zero-order valence-corrected chi connectivity index (χ0v) is 17.7. The van der Waals surface area contributed by atoms with Crippen molar-refractivity contribution in [2.75, 3.05) is 18.8 Å². The molecule has 0 aliphatic carbocycles. The van der Waals surface area contributed by atoms with Crippen LogP contribution in [0.5, 0.6) is 0 Å². The van der Waals surface area contributed by atoms with Crippen LogP contribution in [0.15, 0.2) is 58.4 Å². The number of carbonyl (C=O) groups is 1. The molecule has 1 aliphatic rings. The summed E-state index contributed by atoms with van der Waals surface area (Å²) in [6, 6.07) is 11.9. The summed E-state index contributed by atoms with van der Waals surface area (Å²) in [5.74, 6) is 1.23. The zero-order valence-electron chi connectivity index (χ0n) is 16.1. The summed E-state index contributed by atoms with van der Waals surface area (Å²) in [5, 5.41) is 9.63. The van der Waals surface area contributed by atoms with Crippen LogP contribution in [0.4, 0.5) is 0 Å². The molecular formula is C21H19N5O2S2. The van der Waals surface area contributed by atoms with Crippen molar-refractivity contribution in [1.82, 2.24) is 25.1 Å². The molecule has 1 amide bonds. The number of aromatic nitrogens is 4. The molecular weight excluding hydrogens is 418 g/mol. The molecule has 4 aromatic rings. The fourth-order valence-corrected chi connectivity index (χ4v) is 5.33. The van der Waals surface area contributed by atoms with Gasteiger partial charge in [-0.25, -0.2) is 4.98 Å². The predicted octanol–water partition coefficient (Wildman–Crippen LogP) is 4.24. The topological polar surface area (TPSA) is 85.0 Å². The Kier molecular flexibility index (Phi) is 5.46. The lowest BCUT2D eigenvalue weighted by Gasteiger charge is -2.31. The molecule has 1 fully saturated rings. The number of thioether (sulfide) groups is 1. The number of nitrogens with zero attached hydrogens (tertiary/aromatic N) is 5. The van der Waals surface area contributed by atoms with Crippen LogP contribution < -0.4 is 0 Å². The minimum Gasteiger partial charge on any atom is -0.411 e. The number of likely N-dealkylation sites (tertiary alicyclic amines) is 1. The van der Waals surface area contributed by atoms with Gasteiger partial charge in [0.15, 0.2) is 0 Å². The number of para-hydroxylation sites is 1. The van der Waals surface area contributed by atoms with E-state index < -0.39 is 0 Å². The second-order valence-corrected chi connectivity index (χ2v) is 9.07. The van der Waals surface area contributed by atoms with Gasteiger partial charge in [0.25, 0.3) is 5.22 Å². The highest BCUT2D eigenvalue weighted by atomic mass is 32.2. The lowest BCUT2D eigenvalue weighted by molar-refractivity contribution is -0.129. The average molecular weight is 438 g/mol. The zero-order chi connectivity index (χ0) is 20.3. The molecule has 0 unspecified atom stereocenters. The van der Waals surface area contributed by atoms with Crippen molar-refractivity contribution in [3.63, 3.8) is 0 Å². The fraction of sp³-hybridized carbons (Fsp3) is 0.286. The van der Waals surface area contributed by atoms with Gasteiger partial charge >= 0.3 is 0 Å². The van der Waals surface area contributed by atoms with Crippen molar-refractivity contribution in [1.29, 1.82) is 0 Å². The van der Waals surface area contributed by atoms with E-state index in [4.69, 9.17) is 9.40 Å². The monoisotopic (exact) mass is 437 g/mol. The molecule has 0 radical (unpaired) electrons. The van der Waals surface area contributed by atoms with Crippen LogP contribution in [0.25, 0.3) is 21.7 Å². The first-order chi connectivity index (χ1) is 14.8. The first-order valence-electron chi connectivity index (χ1n) is 9.76. The van der Waals surface area contributed by atoms with E-state index in [0.717, 1.165) is 37.0 Å². The van der Waals surface area contributed by atoms with Crippen molar-refractivity contribution in [3.05, 3.63) is 53.8 Å². The SMILES string of the molecule is O=C(CSc1nnc(-c2cccnc2)o1)N1CCC(c2nc3ccccc3s2)CC1. The summed E-state index contributed by atoms with van der Waals surface area (Å²) in [5.41, 5.74) is 1.83. The number of thiazole rings is 1. The van der Waals surface area contributed by atoms with E-state index in [9.17, 15) is 4.79 Å². The fourth-order valence-electron chi connectivity index (χ4n) is 3.53. The molecule has 152 valence electrons.